The molecule has 4 N–H and O–H groups in total. The molecule has 0 aliphatic rings. The summed E-state index contributed by atoms with van der Waals surface area (Å²) in [6, 6.07) is 1.02. The second-order valence-corrected chi connectivity index (χ2v) is 3.16. The minimum atomic E-state index is -1.66. The Morgan fingerprint density at radius 3 is 0.800 bits per heavy atom. The van der Waals surface area contributed by atoms with Crippen LogP contribution in [0.1, 0.15) is 41.4 Å². The van der Waals surface area contributed by atoms with Gasteiger partial charge in [-0.05, 0) is 12.1 Å². The number of carbonyl (C=O) groups is 4. The molecule has 8 nitrogen and oxygen atoms in total. The summed E-state index contributed by atoms with van der Waals surface area (Å²) >= 11 is 0. The van der Waals surface area contributed by atoms with E-state index in [0.29, 0.717) is 12.1 Å². The van der Waals surface area contributed by atoms with E-state index < -0.39 is 46.1 Å². The Bertz CT molecular complexity index is 483. The molecule has 10 heteroatoms. The van der Waals surface area contributed by atoms with Crippen LogP contribution in [0.4, 0.5) is 0 Å². The summed E-state index contributed by atoms with van der Waals surface area (Å²) in [6.07, 6.45) is 0. The molecule has 0 aromatic heterocycles. The van der Waals surface area contributed by atoms with Crippen molar-refractivity contribution in [2.24, 2.45) is 0 Å². The average Bonchev–Trinajstić information content (AvgIpc) is 2.26. The average molecular weight is 385 g/mol. The predicted octanol–water partition coefficient (Wildman–Crippen LogP) is 0.474. The van der Waals surface area contributed by atoms with Gasteiger partial charge in [0.25, 0.3) is 0 Å². The topological polar surface area (TPSA) is 149 Å². The van der Waals surface area contributed by atoms with E-state index >= 15 is 0 Å². The van der Waals surface area contributed by atoms with Gasteiger partial charge in [0.2, 0.25) is 0 Å². The van der Waals surface area contributed by atoms with Gasteiger partial charge in [-0.15, -0.1) is 0 Å². The maximum absolute atomic E-state index is 10.8. The molecule has 0 aliphatic heterocycles. The molecule has 0 heterocycles. The number of hydrogen-bond donors (Lipinski definition) is 4. The normalized spacial score (nSPS) is 8.80. The molecule has 20 heavy (non-hydrogen) atoms. The summed E-state index contributed by atoms with van der Waals surface area (Å²) in [5.74, 6) is -6.64. The molecule has 1 rings (SSSR count). The second-order valence-electron chi connectivity index (χ2n) is 3.16. The van der Waals surface area contributed by atoms with Crippen LogP contribution in [-0.4, -0.2) is 44.3 Å². The number of rotatable bonds is 4. The molecule has 0 saturated carbocycles. The van der Waals surface area contributed by atoms with Crippen molar-refractivity contribution in [1.82, 2.24) is 0 Å². The molecule has 0 bridgehead atoms. The fraction of sp³-hybridized carbons (Fsp3) is 0. The van der Waals surface area contributed by atoms with Gasteiger partial charge in [-0.2, -0.15) is 0 Å². The zero-order valence-electron chi connectivity index (χ0n) is 9.99. The smallest absolute Gasteiger partial charge is 0.336 e. The molecule has 1 aromatic rings. The fourth-order valence-electron chi connectivity index (χ4n) is 1.31. The minimum Gasteiger partial charge on any atom is -0.478 e. The fourth-order valence-corrected chi connectivity index (χ4v) is 1.31. The first kappa shape index (κ1) is 20.7. The number of carboxylic acids is 4. The largest absolute Gasteiger partial charge is 0.478 e. The molecule has 0 atom stereocenters. The minimum absolute atomic E-state index is 0. The summed E-state index contributed by atoms with van der Waals surface area (Å²) in [5, 5.41) is 35.0. The Kier molecular flexibility index (Phi) is 8.08. The Labute approximate surface area is 136 Å². The summed E-state index contributed by atoms with van der Waals surface area (Å²) in [4.78, 5) is 43.1. The van der Waals surface area contributed by atoms with E-state index in [9.17, 15) is 19.2 Å². The van der Waals surface area contributed by atoms with Gasteiger partial charge in [-0.1, -0.05) is 0 Å². The van der Waals surface area contributed by atoms with Crippen LogP contribution in [-0.2, 0) is 39.0 Å². The van der Waals surface area contributed by atoms with Crippen LogP contribution in [0.5, 0.6) is 0 Å². The van der Waals surface area contributed by atoms with Gasteiger partial charge < -0.3 is 20.4 Å². The third-order valence-corrected chi connectivity index (χ3v) is 2.08. The molecule has 0 fully saturated rings. The van der Waals surface area contributed by atoms with Crippen molar-refractivity contribution in [3.05, 3.63) is 34.4 Å². The molecule has 0 saturated heterocycles. The first-order valence-corrected chi connectivity index (χ1v) is 4.37. The quantitative estimate of drug-likeness (QED) is 0.547. The number of aromatic carboxylic acids is 4. The van der Waals surface area contributed by atoms with Crippen LogP contribution in [0.25, 0.3) is 0 Å². The van der Waals surface area contributed by atoms with E-state index in [1.165, 1.54) is 0 Å². The van der Waals surface area contributed by atoms with Crippen molar-refractivity contribution in [2.45, 2.75) is 0 Å². The predicted molar refractivity (Wildman–Crippen MR) is 54.3 cm³/mol. The van der Waals surface area contributed by atoms with Gasteiger partial charge >= 0.3 is 23.9 Å². The number of carboxylic acid groups (broad SMARTS) is 4. The Morgan fingerprint density at radius 1 is 0.550 bits per heavy atom. The van der Waals surface area contributed by atoms with Crippen LogP contribution in [0.15, 0.2) is 12.1 Å². The number of hydrogen-bond acceptors (Lipinski definition) is 4. The van der Waals surface area contributed by atoms with Crippen molar-refractivity contribution < 1.29 is 78.6 Å². The molecule has 98 valence electrons. The molecule has 1 aromatic carbocycles. The maximum atomic E-state index is 10.8. The standard InChI is InChI=1S/C10H6O8.2Zn/c11-7(12)3-1-4(8(13)14)6(10(17)18)2-5(3)9(15)16;;/h1-2H,(H,11,12)(H,13,14)(H,15,16)(H,17,18);;. The molecule has 0 aliphatic carbocycles. The van der Waals surface area contributed by atoms with E-state index in [1.807, 2.05) is 0 Å². The first-order valence-electron chi connectivity index (χ1n) is 4.37. The third-order valence-electron chi connectivity index (χ3n) is 2.08. The van der Waals surface area contributed by atoms with E-state index in [2.05, 4.69) is 0 Å². The maximum Gasteiger partial charge on any atom is 0.336 e. The van der Waals surface area contributed by atoms with Crippen molar-refractivity contribution >= 4 is 23.9 Å². The summed E-state index contributed by atoms with van der Waals surface area (Å²) in [5.41, 5.74) is -3.15. The summed E-state index contributed by atoms with van der Waals surface area (Å²) < 4.78 is 0. The molecule has 0 unspecified atom stereocenters. The zero-order chi connectivity index (χ0) is 14.0. The van der Waals surface area contributed by atoms with Crippen LogP contribution < -0.4 is 0 Å². The number of benzene rings is 1. The van der Waals surface area contributed by atoms with Crippen molar-refractivity contribution in [2.75, 3.05) is 0 Å². The van der Waals surface area contributed by atoms with Gasteiger partial charge in [-0.3, -0.25) is 0 Å². The van der Waals surface area contributed by atoms with Gasteiger partial charge in [-0.25, -0.2) is 19.2 Å². The SMILES string of the molecule is O=C(O)c1cc(C(=O)O)c(C(=O)O)cc1C(=O)O.[Zn].[Zn]. The molecular formula is C10H6O8Zn2. The van der Waals surface area contributed by atoms with Crippen LogP contribution in [0, 0.1) is 0 Å². The van der Waals surface area contributed by atoms with E-state index in [1.54, 1.807) is 0 Å². The molecule has 0 amide bonds. The molecular weight excluding hydrogens is 379 g/mol. The van der Waals surface area contributed by atoms with Crippen molar-refractivity contribution in [3.8, 4) is 0 Å². The van der Waals surface area contributed by atoms with Gasteiger partial charge in [0, 0.05) is 39.0 Å². The zero-order valence-corrected chi connectivity index (χ0v) is 15.9. The monoisotopic (exact) mass is 382 g/mol. The van der Waals surface area contributed by atoms with Crippen LogP contribution in [0.3, 0.4) is 0 Å². The Hall–Kier alpha value is -1.65. The molecule has 0 radical (unpaired) electrons. The van der Waals surface area contributed by atoms with E-state index in [-0.39, 0.29) is 39.0 Å². The Morgan fingerprint density at radius 2 is 0.700 bits per heavy atom. The Balaban J connectivity index is 0. The first-order chi connectivity index (χ1) is 8.25. The summed E-state index contributed by atoms with van der Waals surface area (Å²) in [6.45, 7) is 0. The van der Waals surface area contributed by atoms with Crippen molar-refractivity contribution in [1.29, 1.82) is 0 Å². The summed E-state index contributed by atoms with van der Waals surface area (Å²) in [7, 11) is 0. The van der Waals surface area contributed by atoms with Gasteiger partial charge in [0.15, 0.2) is 0 Å². The van der Waals surface area contributed by atoms with E-state index in [4.69, 9.17) is 20.4 Å². The second kappa shape index (κ2) is 7.82. The van der Waals surface area contributed by atoms with Gasteiger partial charge in [0.05, 0.1) is 22.3 Å². The van der Waals surface area contributed by atoms with Gasteiger partial charge in [0.1, 0.15) is 0 Å². The molecule has 0 spiro atoms. The van der Waals surface area contributed by atoms with Crippen molar-refractivity contribution in [3.63, 3.8) is 0 Å². The van der Waals surface area contributed by atoms with Crippen LogP contribution >= 0.6 is 0 Å². The van der Waals surface area contributed by atoms with E-state index in [0.717, 1.165) is 0 Å². The third kappa shape index (κ3) is 4.18. The van der Waals surface area contributed by atoms with Crippen LogP contribution in [0.2, 0.25) is 0 Å².